The Labute approximate surface area is 165 Å². The van der Waals surface area contributed by atoms with Gasteiger partial charge in [0, 0.05) is 49.4 Å². The fourth-order valence-electron chi connectivity index (χ4n) is 3.43. The molecule has 1 N–H and O–H groups in total. The van der Waals surface area contributed by atoms with Crippen LogP contribution in [0.2, 0.25) is 0 Å². The van der Waals surface area contributed by atoms with Gasteiger partial charge >= 0.3 is 0 Å². The van der Waals surface area contributed by atoms with Crippen LogP contribution in [0.4, 0.5) is 17.1 Å². The summed E-state index contributed by atoms with van der Waals surface area (Å²) in [7, 11) is 0. The van der Waals surface area contributed by atoms with Crippen LogP contribution < -0.4 is 15.1 Å². The van der Waals surface area contributed by atoms with Gasteiger partial charge in [-0.25, -0.2) is 0 Å². The number of carbonyl (C=O) groups excluding carboxylic acids is 1. The lowest BCUT2D eigenvalue weighted by atomic mass is 10.2. The minimum absolute atomic E-state index is 0.186. The second kappa shape index (κ2) is 8.13. The maximum atomic E-state index is 12.6. The van der Waals surface area contributed by atoms with Crippen molar-refractivity contribution in [2.75, 3.05) is 41.3 Å². The number of piperazine rings is 1. The molecule has 28 heavy (non-hydrogen) atoms. The highest BCUT2D eigenvalue weighted by atomic mass is 16.1. The smallest absolute Gasteiger partial charge is 0.274 e. The summed E-state index contributed by atoms with van der Waals surface area (Å²) in [5, 5.41) is 2.92. The van der Waals surface area contributed by atoms with Gasteiger partial charge in [0.2, 0.25) is 0 Å². The average Bonchev–Trinajstić information content (AvgIpc) is 2.76. The van der Waals surface area contributed by atoms with E-state index in [9.17, 15) is 4.79 Å². The minimum atomic E-state index is -0.186. The Balaban J connectivity index is 1.41. The monoisotopic (exact) mass is 372 g/mol. The first kappa shape index (κ1) is 18.0. The van der Waals surface area contributed by atoms with Gasteiger partial charge in [0.15, 0.2) is 0 Å². The van der Waals surface area contributed by atoms with Crippen LogP contribution in [0.25, 0.3) is 0 Å². The number of nitrogens with one attached hydrogen (secondary N) is 1. The molecule has 0 saturated carbocycles. The van der Waals surface area contributed by atoms with E-state index in [0.717, 1.165) is 43.1 Å². The number of benzene rings is 2. The van der Waals surface area contributed by atoms with Gasteiger partial charge in [-0.05, 0) is 43.3 Å². The highest BCUT2D eigenvalue weighted by molar-refractivity contribution is 6.03. The molecule has 0 atom stereocenters. The molecule has 0 radical (unpaired) electrons. The van der Waals surface area contributed by atoms with Crippen molar-refractivity contribution < 1.29 is 4.79 Å². The maximum Gasteiger partial charge on any atom is 0.274 e. The number of nitrogens with zero attached hydrogens (tertiary/aromatic N) is 3. The van der Waals surface area contributed by atoms with Crippen molar-refractivity contribution in [2.45, 2.75) is 6.92 Å². The van der Waals surface area contributed by atoms with E-state index >= 15 is 0 Å². The number of pyridine rings is 1. The van der Waals surface area contributed by atoms with E-state index in [-0.39, 0.29) is 5.91 Å². The molecule has 1 fully saturated rings. The fourth-order valence-corrected chi connectivity index (χ4v) is 3.43. The predicted octanol–water partition coefficient (Wildman–Crippen LogP) is 3.97. The molecular formula is C23H24N4O. The normalized spacial score (nSPS) is 14.0. The van der Waals surface area contributed by atoms with Crippen molar-refractivity contribution in [1.82, 2.24) is 4.98 Å². The zero-order chi connectivity index (χ0) is 19.3. The molecule has 1 aromatic heterocycles. The molecule has 1 aliphatic rings. The first-order valence-corrected chi connectivity index (χ1v) is 9.58. The van der Waals surface area contributed by atoms with E-state index in [0.29, 0.717) is 5.69 Å². The van der Waals surface area contributed by atoms with Crippen molar-refractivity contribution in [3.05, 3.63) is 84.2 Å². The van der Waals surface area contributed by atoms with Crippen LogP contribution in [0.3, 0.4) is 0 Å². The summed E-state index contributed by atoms with van der Waals surface area (Å²) in [6.45, 7) is 5.76. The molecular weight excluding hydrogens is 348 g/mol. The van der Waals surface area contributed by atoms with E-state index in [2.05, 4.69) is 44.4 Å². The van der Waals surface area contributed by atoms with E-state index < -0.39 is 0 Å². The van der Waals surface area contributed by atoms with Crippen molar-refractivity contribution in [1.29, 1.82) is 0 Å². The van der Waals surface area contributed by atoms with Crippen molar-refractivity contribution in [3.8, 4) is 0 Å². The Hall–Kier alpha value is -3.34. The van der Waals surface area contributed by atoms with E-state index in [1.54, 1.807) is 6.20 Å². The van der Waals surface area contributed by atoms with Crippen molar-refractivity contribution >= 4 is 23.0 Å². The lowest BCUT2D eigenvalue weighted by molar-refractivity contribution is 0.102. The van der Waals surface area contributed by atoms with Gasteiger partial charge in [0.1, 0.15) is 5.69 Å². The number of aryl methyl sites for hydroxylation is 1. The van der Waals surface area contributed by atoms with Crippen LogP contribution in [0.1, 0.15) is 16.1 Å². The summed E-state index contributed by atoms with van der Waals surface area (Å²) in [4.78, 5) is 21.5. The van der Waals surface area contributed by atoms with Crippen molar-refractivity contribution in [3.63, 3.8) is 0 Å². The first-order chi connectivity index (χ1) is 13.7. The topological polar surface area (TPSA) is 48.5 Å². The largest absolute Gasteiger partial charge is 0.368 e. The molecule has 5 heteroatoms. The molecule has 2 aromatic carbocycles. The van der Waals surface area contributed by atoms with Crippen LogP contribution in [0.15, 0.2) is 72.9 Å². The number of amides is 1. The second-order valence-corrected chi connectivity index (χ2v) is 7.03. The molecule has 1 aliphatic heterocycles. The minimum Gasteiger partial charge on any atom is -0.368 e. The molecule has 0 aliphatic carbocycles. The Morgan fingerprint density at radius 3 is 2.18 bits per heavy atom. The summed E-state index contributed by atoms with van der Waals surface area (Å²) in [6.07, 6.45) is 1.71. The number of hydrogen-bond donors (Lipinski definition) is 1. The number of rotatable bonds is 4. The second-order valence-electron chi connectivity index (χ2n) is 7.03. The average molecular weight is 372 g/mol. The molecule has 1 saturated heterocycles. The Morgan fingerprint density at radius 2 is 1.50 bits per heavy atom. The van der Waals surface area contributed by atoms with Crippen LogP contribution >= 0.6 is 0 Å². The number of carbonyl (C=O) groups is 1. The summed E-state index contributed by atoms with van der Waals surface area (Å²) in [5.74, 6) is -0.186. The number of hydrogen-bond acceptors (Lipinski definition) is 4. The third-order valence-electron chi connectivity index (χ3n) is 5.05. The molecule has 3 aromatic rings. The van der Waals surface area contributed by atoms with Gasteiger partial charge in [0.25, 0.3) is 5.91 Å². The molecule has 142 valence electrons. The summed E-state index contributed by atoms with van der Waals surface area (Å²) in [6, 6.07) is 22.1. The summed E-state index contributed by atoms with van der Waals surface area (Å²) < 4.78 is 0. The Morgan fingerprint density at radius 1 is 0.857 bits per heavy atom. The number of aromatic nitrogens is 1. The SMILES string of the molecule is Cc1ccc(NC(=O)c2cc(N3CCN(c4ccccc4)CC3)ccn2)cc1. The highest BCUT2D eigenvalue weighted by Crippen LogP contribution is 2.21. The lowest BCUT2D eigenvalue weighted by Gasteiger charge is -2.37. The van der Waals surface area contributed by atoms with E-state index in [4.69, 9.17) is 0 Å². The van der Waals surface area contributed by atoms with Crippen LogP contribution in [0, 0.1) is 6.92 Å². The Bertz CT molecular complexity index is 932. The quantitative estimate of drug-likeness (QED) is 0.753. The Kier molecular flexibility index (Phi) is 5.24. The first-order valence-electron chi connectivity index (χ1n) is 9.58. The summed E-state index contributed by atoms with van der Waals surface area (Å²) >= 11 is 0. The molecule has 4 rings (SSSR count). The van der Waals surface area contributed by atoms with E-state index in [1.807, 2.05) is 49.4 Å². The van der Waals surface area contributed by atoms with Crippen molar-refractivity contribution in [2.24, 2.45) is 0 Å². The number of para-hydroxylation sites is 1. The maximum absolute atomic E-state index is 12.6. The standard InChI is InChI=1S/C23H24N4O/c1-18-7-9-19(10-8-18)25-23(28)22-17-21(11-12-24-22)27-15-13-26(14-16-27)20-5-3-2-4-6-20/h2-12,17H,13-16H2,1H3,(H,25,28). The van der Waals surface area contributed by atoms with Gasteiger partial charge < -0.3 is 15.1 Å². The highest BCUT2D eigenvalue weighted by Gasteiger charge is 2.18. The molecule has 0 spiro atoms. The van der Waals surface area contributed by atoms with Gasteiger partial charge in [-0.3, -0.25) is 9.78 Å². The number of anilines is 3. The molecule has 2 heterocycles. The van der Waals surface area contributed by atoms with E-state index in [1.165, 1.54) is 5.69 Å². The molecule has 0 bridgehead atoms. The lowest BCUT2D eigenvalue weighted by Crippen LogP contribution is -2.46. The zero-order valence-electron chi connectivity index (χ0n) is 16.0. The third kappa shape index (κ3) is 4.14. The van der Waals surface area contributed by atoms with Crippen LogP contribution in [0.5, 0.6) is 0 Å². The van der Waals surface area contributed by atoms with Crippen LogP contribution in [-0.2, 0) is 0 Å². The fraction of sp³-hybridized carbons (Fsp3) is 0.217. The molecule has 5 nitrogen and oxygen atoms in total. The van der Waals surface area contributed by atoms with Gasteiger partial charge in [0.05, 0.1) is 0 Å². The van der Waals surface area contributed by atoms with Crippen LogP contribution in [-0.4, -0.2) is 37.1 Å². The third-order valence-corrected chi connectivity index (χ3v) is 5.05. The zero-order valence-corrected chi connectivity index (χ0v) is 16.0. The molecule has 0 unspecified atom stereocenters. The summed E-state index contributed by atoms with van der Waals surface area (Å²) in [5.41, 5.74) is 4.67. The predicted molar refractivity (Wildman–Crippen MR) is 114 cm³/mol. The van der Waals surface area contributed by atoms with Gasteiger partial charge in [-0.2, -0.15) is 0 Å². The van der Waals surface area contributed by atoms with Gasteiger partial charge in [-0.15, -0.1) is 0 Å². The van der Waals surface area contributed by atoms with Gasteiger partial charge in [-0.1, -0.05) is 35.9 Å². The molecule has 1 amide bonds.